The van der Waals surface area contributed by atoms with Gasteiger partial charge in [0.2, 0.25) is 11.9 Å². The summed E-state index contributed by atoms with van der Waals surface area (Å²) in [5, 5.41) is 12.5. The molecule has 0 saturated carbocycles. The van der Waals surface area contributed by atoms with Crippen LogP contribution >= 0.6 is 11.8 Å². The number of hydrogen-bond acceptors (Lipinski definition) is 5. The minimum Gasteiger partial charge on any atom is -0.480 e. The van der Waals surface area contributed by atoms with Crippen LogP contribution in [0.1, 0.15) is 13.8 Å². The lowest BCUT2D eigenvalue weighted by Crippen LogP contribution is -2.68. The van der Waals surface area contributed by atoms with E-state index < -0.39 is 22.8 Å². The third kappa shape index (κ3) is 1.95. The summed E-state index contributed by atoms with van der Waals surface area (Å²) in [5.41, 5.74) is 1.83. The second-order valence-electron chi connectivity index (χ2n) is 6.70. The number of β-lactam (4-membered cyclic amide) rings is 1. The van der Waals surface area contributed by atoms with Crippen molar-refractivity contribution in [3.8, 4) is 0 Å². The van der Waals surface area contributed by atoms with Gasteiger partial charge in [-0.15, -0.1) is 11.8 Å². The Balaban J connectivity index is 1.62. The van der Waals surface area contributed by atoms with E-state index in [9.17, 15) is 14.7 Å². The van der Waals surface area contributed by atoms with Crippen LogP contribution in [-0.4, -0.2) is 53.6 Å². The number of anilines is 1. The fourth-order valence-electron chi connectivity index (χ4n) is 3.56. The fraction of sp³-hybridized carbons (Fsp3) is 0.438. The lowest BCUT2D eigenvalue weighted by atomic mass is 9.96. The third-order valence-corrected chi connectivity index (χ3v) is 6.32. The highest BCUT2D eigenvalue weighted by Crippen LogP contribution is 2.51. The van der Waals surface area contributed by atoms with E-state index in [-0.39, 0.29) is 11.3 Å². The van der Waals surface area contributed by atoms with E-state index in [0.29, 0.717) is 5.95 Å². The van der Waals surface area contributed by atoms with Gasteiger partial charge in [0.25, 0.3) is 0 Å². The summed E-state index contributed by atoms with van der Waals surface area (Å²) in [6.07, 6.45) is 0. The standard InChI is InChI=1S/C16H18N4O3S/c1-16(2)11(14(22)23)20-12(21)10(13(20)24-16)18-15-17-8-6-4-5-7-9(8)19(15)3/h4-7,10-11,13H,1-3H3,(H,17,18)(H,22,23)/t10?,11?,13-/m0/s1. The van der Waals surface area contributed by atoms with Crippen molar-refractivity contribution >= 4 is 40.6 Å². The van der Waals surface area contributed by atoms with Gasteiger partial charge in [0, 0.05) is 11.8 Å². The lowest BCUT2D eigenvalue weighted by molar-refractivity contribution is -0.158. The second kappa shape index (κ2) is 4.89. The van der Waals surface area contributed by atoms with Crippen LogP contribution in [0.5, 0.6) is 0 Å². The van der Waals surface area contributed by atoms with Crippen molar-refractivity contribution in [1.82, 2.24) is 14.5 Å². The van der Waals surface area contributed by atoms with Crippen molar-refractivity contribution in [2.75, 3.05) is 5.32 Å². The van der Waals surface area contributed by atoms with Crippen molar-refractivity contribution in [3.63, 3.8) is 0 Å². The molecule has 2 fully saturated rings. The maximum absolute atomic E-state index is 12.5. The third-order valence-electron chi connectivity index (χ3n) is 4.75. The van der Waals surface area contributed by atoms with Gasteiger partial charge in [-0.2, -0.15) is 0 Å². The Morgan fingerprint density at radius 2 is 2.08 bits per heavy atom. The first-order valence-corrected chi connectivity index (χ1v) is 8.60. The van der Waals surface area contributed by atoms with E-state index in [1.54, 1.807) is 0 Å². The fourth-order valence-corrected chi connectivity index (χ4v) is 5.18. The van der Waals surface area contributed by atoms with Gasteiger partial charge in [-0.05, 0) is 26.0 Å². The number of aryl methyl sites for hydroxylation is 1. The number of carbonyl (C=O) groups excluding carboxylic acids is 1. The number of benzene rings is 1. The summed E-state index contributed by atoms with van der Waals surface area (Å²) in [6, 6.07) is 6.51. The molecule has 0 spiro atoms. The van der Waals surface area contributed by atoms with Crippen LogP contribution in [0.2, 0.25) is 0 Å². The van der Waals surface area contributed by atoms with Gasteiger partial charge in [0.15, 0.2) is 0 Å². The molecule has 4 rings (SSSR count). The highest BCUT2D eigenvalue weighted by atomic mass is 32.2. The van der Waals surface area contributed by atoms with Crippen molar-refractivity contribution in [1.29, 1.82) is 0 Å². The topological polar surface area (TPSA) is 87.5 Å². The minimum absolute atomic E-state index is 0.183. The molecule has 8 heteroatoms. The van der Waals surface area contributed by atoms with Crippen LogP contribution in [0.3, 0.4) is 0 Å². The quantitative estimate of drug-likeness (QED) is 0.819. The monoisotopic (exact) mass is 346 g/mol. The van der Waals surface area contributed by atoms with Gasteiger partial charge in [-0.3, -0.25) is 4.79 Å². The Hall–Kier alpha value is -2.22. The van der Waals surface area contributed by atoms with Crippen LogP contribution in [0.15, 0.2) is 24.3 Å². The number of fused-ring (bicyclic) bond motifs is 2. The highest BCUT2D eigenvalue weighted by Gasteiger charge is 2.64. The number of aromatic nitrogens is 2. The number of aliphatic carboxylic acids is 1. The normalized spacial score (nSPS) is 27.9. The summed E-state index contributed by atoms with van der Waals surface area (Å²) in [5.74, 6) is -0.520. The Kier molecular flexibility index (Phi) is 3.12. The zero-order valence-electron chi connectivity index (χ0n) is 13.6. The Labute approximate surface area is 143 Å². The molecule has 2 aromatic rings. The molecule has 24 heavy (non-hydrogen) atoms. The number of carboxylic acids is 1. The zero-order chi connectivity index (χ0) is 17.2. The maximum Gasteiger partial charge on any atom is 0.327 e. The molecule has 3 atom stereocenters. The van der Waals surface area contributed by atoms with Crippen molar-refractivity contribution in [3.05, 3.63) is 24.3 Å². The predicted octanol–water partition coefficient (Wildman–Crippen LogP) is 1.50. The zero-order valence-corrected chi connectivity index (χ0v) is 14.4. The molecule has 1 aromatic heterocycles. The number of thioether (sulfide) groups is 1. The number of amides is 1. The molecule has 7 nitrogen and oxygen atoms in total. The summed E-state index contributed by atoms with van der Waals surface area (Å²) in [7, 11) is 1.89. The molecular formula is C16H18N4O3S. The van der Waals surface area contributed by atoms with Gasteiger partial charge in [-0.1, -0.05) is 12.1 Å². The average Bonchev–Trinajstić information content (AvgIpc) is 2.97. The van der Waals surface area contributed by atoms with Crippen LogP contribution < -0.4 is 5.32 Å². The number of carbonyl (C=O) groups is 2. The van der Waals surface area contributed by atoms with Crippen LogP contribution in [-0.2, 0) is 16.6 Å². The Morgan fingerprint density at radius 3 is 2.75 bits per heavy atom. The van der Waals surface area contributed by atoms with Gasteiger partial charge < -0.3 is 19.9 Å². The van der Waals surface area contributed by atoms with E-state index in [4.69, 9.17) is 0 Å². The van der Waals surface area contributed by atoms with Crippen molar-refractivity contribution in [2.24, 2.45) is 7.05 Å². The molecule has 2 aliphatic rings. The first kappa shape index (κ1) is 15.3. The van der Waals surface area contributed by atoms with E-state index in [1.165, 1.54) is 16.7 Å². The van der Waals surface area contributed by atoms with E-state index in [1.807, 2.05) is 49.7 Å². The number of para-hydroxylation sites is 2. The maximum atomic E-state index is 12.5. The molecule has 2 N–H and O–H groups in total. The summed E-state index contributed by atoms with van der Waals surface area (Å²) < 4.78 is 1.39. The van der Waals surface area contributed by atoms with E-state index in [0.717, 1.165) is 11.0 Å². The SMILES string of the molecule is Cn1c(NC2C(=O)N3C(C(=O)O)C(C)(C)S[C@@H]23)nc2ccccc21. The smallest absolute Gasteiger partial charge is 0.327 e. The van der Waals surface area contributed by atoms with Gasteiger partial charge in [-0.25, -0.2) is 9.78 Å². The predicted molar refractivity (Wildman–Crippen MR) is 91.9 cm³/mol. The molecule has 1 aromatic carbocycles. The summed E-state index contributed by atoms with van der Waals surface area (Å²) in [6.45, 7) is 3.74. The molecule has 2 aliphatic heterocycles. The van der Waals surface area contributed by atoms with Gasteiger partial charge in [0.1, 0.15) is 17.5 Å². The molecule has 0 aliphatic carbocycles. The van der Waals surface area contributed by atoms with Gasteiger partial charge in [0.05, 0.1) is 11.0 Å². The first-order chi connectivity index (χ1) is 11.3. The van der Waals surface area contributed by atoms with Crippen LogP contribution in [0.25, 0.3) is 11.0 Å². The molecule has 3 heterocycles. The number of carboxylic acid groups (broad SMARTS) is 1. The number of nitrogens with zero attached hydrogens (tertiary/aromatic N) is 3. The summed E-state index contributed by atoms with van der Waals surface area (Å²) >= 11 is 1.52. The largest absolute Gasteiger partial charge is 0.480 e. The Morgan fingerprint density at radius 1 is 1.38 bits per heavy atom. The minimum atomic E-state index is -0.954. The number of hydrogen-bond donors (Lipinski definition) is 2. The van der Waals surface area contributed by atoms with E-state index >= 15 is 0 Å². The average molecular weight is 346 g/mol. The molecular weight excluding hydrogens is 328 g/mol. The molecule has 126 valence electrons. The number of rotatable bonds is 3. The molecule has 2 unspecified atom stereocenters. The second-order valence-corrected chi connectivity index (χ2v) is 8.47. The Bertz CT molecular complexity index is 862. The molecule has 0 radical (unpaired) electrons. The van der Waals surface area contributed by atoms with Crippen LogP contribution in [0.4, 0.5) is 5.95 Å². The van der Waals surface area contributed by atoms with Crippen LogP contribution in [0, 0.1) is 0 Å². The molecule has 2 saturated heterocycles. The van der Waals surface area contributed by atoms with E-state index in [2.05, 4.69) is 10.3 Å². The van der Waals surface area contributed by atoms with Crippen molar-refractivity contribution in [2.45, 2.75) is 36.1 Å². The molecule has 1 amide bonds. The molecule has 0 bridgehead atoms. The van der Waals surface area contributed by atoms with Gasteiger partial charge >= 0.3 is 5.97 Å². The number of imidazole rings is 1. The van der Waals surface area contributed by atoms with Crippen molar-refractivity contribution < 1.29 is 14.7 Å². The highest BCUT2D eigenvalue weighted by molar-refractivity contribution is 8.01. The summed E-state index contributed by atoms with van der Waals surface area (Å²) in [4.78, 5) is 30.1. The number of nitrogens with one attached hydrogen (secondary N) is 1. The lowest BCUT2D eigenvalue weighted by Gasteiger charge is -2.43. The first-order valence-electron chi connectivity index (χ1n) is 7.72.